The molecule has 6 heteroatoms. The molecule has 0 amide bonds. The van der Waals surface area contributed by atoms with E-state index in [1.165, 1.54) is 22.0 Å². The Kier molecular flexibility index (Phi) is 3.66. The second-order valence-electron chi connectivity index (χ2n) is 5.67. The molecule has 3 aromatic rings. The molecule has 114 valence electrons. The molecule has 0 aliphatic heterocycles. The van der Waals surface area contributed by atoms with Crippen molar-refractivity contribution in [1.82, 2.24) is 19.5 Å². The quantitative estimate of drug-likeness (QED) is 0.771. The Hall–Kier alpha value is -2.63. The van der Waals surface area contributed by atoms with Gasteiger partial charge in [0.25, 0.3) is 5.56 Å². The molecule has 3 N–H and O–H groups in total. The lowest BCUT2D eigenvalue weighted by Crippen LogP contribution is -2.25. The Morgan fingerprint density at radius 2 is 2.00 bits per heavy atom. The summed E-state index contributed by atoms with van der Waals surface area (Å²) in [5.41, 5.74) is 8.92. The van der Waals surface area contributed by atoms with Crippen LogP contribution in [0.4, 0.5) is 5.95 Å². The monoisotopic (exact) mass is 297 g/mol. The second-order valence-corrected chi connectivity index (χ2v) is 5.67. The molecule has 1 aromatic carbocycles. The molecule has 0 atom stereocenters. The van der Waals surface area contributed by atoms with Crippen LogP contribution in [0.1, 0.15) is 30.9 Å². The molecule has 22 heavy (non-hydrogen) atoms. The van der Waals surface area contributed by atoms with Gasteiger partial charge in [-0.3, -0.25) is 9.36 Å². The lowest BCUT2D eigenvalue weighted by atomic mass is 10.0. The smallest absolute Gasteiger partial charge is 0.280 e. The maximum Gasteiger partial charge on any atom is 0.280 e. The van der Waals surface area contributed by atoms with Crippen LogP contribution < -0.4 is 11.3 Å². The number of aryl methyl sites for hydroxylation is 1. The van der Waals surface area contributed by atoms with Crippen molar-refractivity contribution in [1.29, 1.82) is 0 Å². The molecule has 0 aliphatic rings. The average molecular weight is 297 g/mol. The highest BCUT2D eigenvalue weighted by molar-refractivity contribution is 5.69. The zero-order valence-electron chi connectivity index (χ0n) is 12.7. The van der Waals surface area contributed by atoms with Crippen molar-refractivity contribution in [2.24, 2.45) is 0 Å². The molecule has 0 unspecified atom stereocenters. The topological polar surface area (TPSA) is 89.6 Å². The predicted molar refractivity (Wildman–Crippen MR) is 86.8 cm³/mol. The van der Waals surface area contributed by atoms with Crippen LogP contribution in [0.15, 0.2) is 35.4 Å². The van der Waals surface area contributed by atoms with Crippen molar-refractivity contribution in [2.45, 2.75) is 32.7 Å². The third-order valence-corrected chi connectivity index (χ3v) is 3.85. The molecule has 0 saturated carbocycles. The first-order chi connectivity index (χ1) is 10.6. The van der Waals surface area contributed by atoms with Gasteiger partial charge >= 0.3 is 0 Å². The Morgan fingerprint density at radius 3 is 2.68 bits per heavy atom. The van der Waals surface area contributed by atoms with Crippen molar-refractivity contribution in [3.05, 3.63) is 52.1 Å². The lowest BCUT2D eigenvalue weighted by Gasteiger charge is -2.10. The van der Waals surface area contributed by atoms with Crippen molar-refractivity contribution in [2.75, 3.05) is 5.73 Å². The standard InChI is InChI=1S/C16H19N5O/c1-10(2)12-5-3-11(4-6-12)7-8-21-15(22)13-14(19-9-18-13)20-16(21)17/h3-6,9-10H,7-8H2,1-2H3,(H2,17,20)(H,18,19). The minimum Gasteiger partial charge on any atom is -0.369 e. The van der Waals surface area contributed by atoms with Crippen LogP contribution in [-0.4, -0.2) is 19.5 Å². The van der Waals surface area contributed by atoms with Crippen molar-refractivity contribution in [3.63, 3.8) is 0 Å². The van der Waals surface area contributed by atoms with Crippen LogP contribution in [0.2, 0.25) is 0 Å². The molecular formula is C16H19N5O. The summed E-state index contributed by atoms with van der Waals surface area (Å²) >= 11 is 0. The van der Waals surface area contributed by atoms with Crippen LogP contribution in [0.5, 0.6) is 0 Å². The van der Waals surface area contributed by atoms with Crippen LogP contribution in [0, 0.1) is 0 Å². The van der Waals surface area contributed by atoms with Gasteiger partial charge in [0, 0.05) is 6.54 Å². The van der Waals surface area contributed by atoms with E-state index in [2.05, 4.69) is 53.1 Å². The number of imidazole rings is 1. The SMILES string of the molecule is CC(C)c1ccc(CCn2c(N)nc3nc[nH]c3c2=O)cc1. The number of hydrogen-bond donors (Lipinski definition) is 2. The van der Waals surface area contributed by atoms with E-state index in [4.69, 9.17) is 5.73 Å². The molecule has 6 nitrogen and oxygen atoms in total. The lowest BCUT2D eigenvalue weighted by molar-refractivity contribution is 0.673. The van der Waals surface area contributed by atoms with E-state index >= 15 is 0 Å². The van der Waals surface area contributed by atoms with Gasteiger partial charge in [0.05, 0.1) is 6.33 Å². The summed E-state index contributed by atoms with van der Waals surface area (Å²) in [4.78, 5) is 23.3. The maximum absolute atomic E-state index is 12.3. The number of nitrogens with zero attached hydrogens (tertiary/aromatic N) is 3. The number of rotatable bonds is 4. The summed E-state index contributed by atoms with van der Waals surface area (Å²) in [6, 6.07) is 8.45. The summed E-state index contributed by atoms with van der Waals surface area (Å²) in [5, 5.41) is 0. The molecule has 0 aliphatic carbocycles. The predicted octanol–water partition coefficient (Wildman–Crippen LogP) is 2.07. The molecule has 0 spiro atoms. The minimum atomic E-state index is -0.182. The van der Waals surface area contributed by atoms with E-state index in [0.29, 0.717) is 23.6 Å². The molecule has 2 aromatic heterocycles. The normalized spacial score (nSPS) is 11.4. The Morgan fingerprint density at radius 1 is 1.27 bits per heavy atom. The number of nitrogens with one attached hydrogen (secondary N) is 1. The average Bonchev–Trinajstić information content (AvgIpc) is 2.96. The number of aromatic amines is 1. The van der Waals surface area contributed by atoms with E-state index in [-0.39, 0.29) is 11.5 Å². The summed E-state index contributed by atoms with van der Waals surface area (Å²) in [6.45, 7) is 4.83. The van der Waals surface area contributed by atoms with E-state index < -0.39 is 0 Å². The number of fused-ring (bicyclic) bond motifs is 1. The van der Waals surface area contributed by atoms with Gasteiger partial charge in [-0.05, 0) is 23.5 Å². The van der Waals surface area contributed by atoms with E-state index in [1.54, 1.807) is 0 Å². The highest BCUT2D eigenvalue weighted by Crippen LogP contribution is 2.15. The zero-order chi connectivity index (χ0) is 15.7. The number of nitrogens with two attached hydrogens (primary N) is 1. The van der Waals surface area contributed by atoms with E-state index in [0.717, 1.165) is 6.42 Å². The number of benzene rings is 1. The number of anilines is 1. The van der Waals surface area contributed by atoms with Crippen molar-refractivity contribution < 1.29 is 0 Å². The highest BCUT2D eigenvalue weighted by Gasteiger charge is 2.10. The van der Waals surface area contributed by atoms with Crippen molar-refractivity contribution in [3.8, 4) is 0 Å². The van der Waals surface area contributed by atoms with E-state index in [1.807, 2.05) is 0 Å². The Labute approximate surface area is 128 Å². The van der Waals surface area contributed by atoms with Gasteiger partial charge in [0.15, 0.2) is 11.2 Å². The second kappa shape index (κ2) is 5.63. The largest absolute Gasteiger partial charge is 0.369 e. The number of aromatic nitrogens is 4. The molecule has 0 fully saturated rings. The molecule has 2 heterocycles. The zero-order valence-corrected chi connectivity index (χ0v) is 12.7. The van der Waals surface area contributed by atoms with Crippen LogP contribution in [-0.2, 0) is 13.0 Å². The van der Waals surface area contributed by atoms with Gasteiger partial charge in [0.1, 0.15) is 0 Å². The highest BCUT2D eigenvalue weighted by atomic mass is 16.1. The van der Waals surface area contributed by atoms with E-state index in [9.17, 15) is 4.79 Å². The molecule has 3 rings (SSSR count). The first kappa shape index (κ1) is 14.3. The van der Waals surface area contributed by atoms with Crippen molar-refractivity contribution >= 4 is 17.1 Å². The minimum absolute atomic E-state index is 0.182. The summed E-state index contributed by atoms with van der Waals surface area (Å²) < 4.78 is 1.48. The van der Waals surface area contributed by atoms with Crippen LogP contribution >= 0.6 is 0 Å². The number of hydrogen-bond acceptors (Lipinski definition) is 4. The summed E-state index contributed by atoms with van der Waals surface area (Å²) in [7, 11) is 0. The fourth-order valence-corrected chi connectivity index (χ4v) is 2.46. The number of H-pyrrole nitrogens is 1. The fourth-order valence-electron chi connectivity index (χ4n) is 2.46. The van der Waals surface area contributed by atoms with Crippen LogP contribution in [0.3, 0.4) is 0 Å². The Bertz CT molecular complexity index is 845. The van der Waals surface area contributed by atoms with Gasteiger partial charge in [-0.2, -0.15) is 4.98 Å². The van der Waals surface area contributed by atoms with Gasteiger partial charge in [-0.15, -0.1) is 0 Å². The maximum atomic E-state index is 12.3. The van der Waals surface area contributed by atoms with Gasteiger partial charge in [-0.25, -0.2) is 4.98 Å². The third kappa shape index (κ3) is 2.59. The first-order valence-electron chi connectivity index (χ1n) is 7.34. The Balaban J connectivity index is 1.83. The van der Waals surface area contributed by atoms with Gasteiger partial charge < -0.3 is 10.7 Å². The molecule has 0 bridgehead atoms. The summed E-state index contributed by atoms with van der Waals surface area (Å²) in [5.74, 6) is 0.711. The molecule has 0 radical (unpaired) electrons. The first-order valence-corrected chi connectivity index (χ1v) is 7.34. The molecular weight excluding hydrogens is 278 g/mol. The summed E-state index contributed by atoms with van der Waals surface area (Å²) in [6.07, 6.45) is 2.18. The van der Waals surface area contributed by atoms with Gasteiger partial charge in [0.2, 0.25) is 5.95 Å². The molecule has 0 saturated heterocycles. The van der Waals surface area contributed by atoms with Crippen LogP contribution in [0.25, 0.3) is 11.2 Å². The van der Waals surface area contributed by atoms with Gasteiger partial charge in [-0.1, -0.05) is 38.1 Å². The fraction of sp³-hybridized carbons (Fsp3) is 0.312. The third-order valence-electron chi connectivity index (χ3n) is 3.85. The number of nitrogen functional groups attached to an aromatic ring is 1.